The van der Waals surface area contributed by atoms with Crippen molar-refractivity contribution in [1.29, 1.82) is 0 Å². The van der Waals surface area contributed by atoms with Crippen molar-refractivity contribution < 1.29 is 0 Å². The summed E-state index contributed by atoms with van der Waals surface area (Å²) < 4.78 is 0. The fourth-order valence-electron chi connectivity index (χ4n) is 2.61. The fraction of sp³-hybridized carbons (Fsp3) is 0.389. The molecule has 0 aromatic carbocycles. The first-order chi connectivity index (χ1) is 11.5. The van der Waals surface area contributed by atoms with Crippen LogP contribution in [0.25, 0.3) is 21.6 Å². The van der Waals surface area contributed by atoms with E-state index in [1.54, 1.807) is 23.7 Å². The van der Waals surface area contributed by atoms with Crippen LogP contribution in [0.4, 0.5) is 5.82 Å². The molecule has 0 saturated carbocycles. The summed E-state index contributed by atoms with van der Waals surface area (Å²) in [5.41, 5.74) is 8.19. The van der Waals surface area contributed by atoms with Crippen LogP contribution in [0, 0.1) is 5.92 Å². The normalized spacial score (nSPS) is 12.7. The van der Waals surface area contributed by atoms with E-state index in [1.165, 1.54) is 5.56 Å². The zero-order valence-corrected chi connectivity index (χ0v) is 15.1. The maximum atomic E-state index is 5.92. The number of nitrogens with two attached hydrogens (primary N) is 1. The van der Waals surface area contributed by atoms with Crippen LogP contribution in [0.5, 0.6) is 0 Å². The molecule has 0 amide bonds. The Morgan fingerprint density at radius 2 is 1.92 bits per heavy atom. The summed E-state index contributed by atoms with van der Waals surface area (Å²) in [6.45, 7) is 7.12. The summed E-state index contributed by atoms with van der Waals surface area (Å²) in [4.78, 5) is 14.6. The van der Waals surface area contributed by atoms with Gasteiger partial charge >= 0.3 is 0 Å². The van der Waals surface area contributed by atoms with Gasteiger partial charge in [-0.1, -0.05) is 13.8 Å². The summed E-state index contributed by atoms with van der Waals surface area (Å²) in [5.74, 6) is 2.18. The van der Waals surface area contributed by atoms with Gasteiger partial charge < -0.3 is 11.1 Å². The van der Waals surface area contributed by atoms with Gasteiger partial charge in [-0.25, -0.2) is 9.97 Å². The summed E-state index contributed by atoms with van der Waals surface area (Å²) in [7, 11) is 0. The van der Waals surface area contributed by atoms with E-state index < -0.39 is 0 Å². The molecule has 6 heteroatoms. The highest BCUT2D eigenvalue weighted by molar-refractivity contribution is 7.17. The van der Waals surface area contributed by atoms with Crippen molar-refractivity contribution >= 4 is 27.4 Å². The van der Waals surface area contributed by atoms with Gasteiger partial charge in [-0.15, -0.1) is 11.3 Å². The standard InChI is InChI=1S/C18H23N5S/c1-11(2)8-14-10-24-18-15(14)17(21-9-12(3)19)22-16(23-18)13-4-6-20-7-5-13/h4-7,10-12H,8-9,19H2,1-3H3,(H,21,22,23)/t12-/m1/s1. The van der Waals surface area contributed by atoms with Gasteiger partial charge in [-0.05, 0) is 42.3 Å². The average molecular weight is 341 g/mol. The molecule has 0 aliphatic carbocycles. The van der Waals surface area contributed by atoms with E-state index in [4.69, 9.17) is 15.7 Å². The van der Waals surface area contributed by atoms with Crippen molar-refractivity contribution in [2.75, 3.05) is 11.9 Å². The Bertz CT molecular complexity index is 811. The third-order valence-electron chi connectivity index (χ3n) is 3.67. The van der Waals surface area contributed by atoms with Crippen molar-refractivity contribution in [2.45, 2.75) is 33.2 Å². The molecule has 5 nitrogen and oxygen atoms in total. The lowest BCUT2D eigenvalue weighted by molar-refractivity contribution is 0.651. The minimum Gasteiger partial charge on any atom is -0.368 e. The number of pyridine rings is 1. The number of rotatable bonds is 6. The lowest BCUT2D eigenvalue weighted by atomic mass is 10.0. The fourth-order valence-corrected chi connectivity index (χ4v) is 3.56. The van der Waals surface area contributed by atoms with Crippen molar-refractivity contribution in [3.05, 3.63) is 35.5 Å². The number of nitrogens with zero attached hydrogens (tertiary/aromatic N) is 3. The van der Waals surface area contributed by atoms with Crippen LogP contribution in [0.2, 0.25) is 0 Å². The molecule has 0 saturated heterocycles. The predicted molar refractivity (Wildman–Crippen MR) is 101 cm³/mol. The van der Waals surface area contributed by atoms with E-state index in [0.717, 1.165) is 33.8 Å². The number of thiophene rings is 1. The molecule has 0 radical (unpaired) electrons. The van der Waals surface area contributed by atoms with Gasteiger partial charge in [-0.2, -0.15) is 0 Å². The molecular weight excluding hydrogens is 318 g/mol. The van der Waals surface area contributed by atoms with E-state index in [0.29, 0.717) is 12.5 Å². The second-order valence-electron chi connectivity index (χ2n) is 6.53. The number of anilines is 1. The van der Waals surface area contributed by atoms with E-state index in [2.05, 4.69) is 29.5 Å². The highest BCUT2D eigenvalue weighted by Gasteiger charge is 2.16. The van der Waals surface area contributed by atoms with Gasteiger partial charge in [0, 0.05) is 30.5 Å². The zero-order valence-electron chi connectivity index (χ0n) is 14.3. The number of hydrogen-bond acceptors (Lipinski definition) is 6. The van der Waals surface area contributed by atoms with Crippen molar-refractivity contribution in [3.8, 4) is 11.4 Å². The summed E-state index contributed by atoms with van der Waals surface area (Å²) >= 11 is 1.68. The highest BCUT2D eigenvalue weighted by atomic mass is 32.1. The van der Waals surface area contributed by atoms with Gasteiger partial charge in [0.15, 0.2) is 5.82 Å². The van der Waals surface area contributed by atoms with Crippen molar-refractivity contribution in [2.24, 2.45) is 11.7 Å². The SMILES string of the molecule is CC(C)Cc1csc2nc(-c3ccncc3)nc(NC[C@@H](C)N)c12. The highest BCUT2D eigenvalue weighted by Crippen LogP contribution is 2.33. The molecule has 3 aromatic heterocycles. The van der Waals surface area contributed by atoms with Crippen molar-refractivity contribution in [1.82, 2.24) is 15.0 Å². The van der Waals surface area contributed by atoms with Crippen LogP contribution >= 0.6 is 11.3 Å². The molecule has 126 valence electrons. The van der Waals surface area contributed by atoms with Gasteiger partial charge in [-0.3, -0.25) is 4.98 Å². The number of hydrogen-bond donors (Lipinski definition) is 2. The first-order valence-corrected chi connectivity index (χ1v) is 9.10. The van der Waals surface area contributed by atoms with Crippen LogP contribution < -0.4 is 11.1 Å². The molecule has 0 aliphatic rings. The number of fused-ring (bicyclic) bond motifs is 1. The molecule has 3 heterocycles. The first kappa shape index (κ1) is 16.8. The molecular formula is C18H23N5S. The molecule has 0 bridgehead atoms. The lowest BCUT2D eigenvalue weighted by Gasteiger charge is -2.13. The van der Waals surface area contributed by atoms with E-state index in [1.807, 2.05) is 19.1 Å². The van der Waals surface area contributed by atoms with Gasteiger partial charge in [0.1, 0.15) is 10.6 Å². The molecule has 3 N–H and O–H groups in total. The molecule has 0 aliphatic heterocycles. The third kappa shape index (κ3) is 3.71. The second kappa shape index (κ2) is 7.23. The Balaban J connectivity index is 2.10. The van der Waals surface area contributed by atoms with Gasteiger partial charge in [0.05, 0.1) is 5.39 Å². The lowest BCUT2D eigenvalue weighted by Crippen LogP contribution is -2.25. The zero-order chi connectivity index (χ0) is 17.1. The van der Waals surface area contributed by atoms with Crippen molar-refractivity contribution in [3.63, 3.8) is 0 Å². The predicted octanol–water partition coefficient (Wildman–Crippen LogP) is 3.71. The molecule has 1 atom stereocenters. The summed E-state index contributed by atoms with van der Waals surface area (Å²) in [5, 5.41) is 6.74. The van der Waals surface area contributed by atoms with Gasteiger partial charge in [0.25, 0.3) is 0 Å². The summed E-state index contributed by atoms with van der Waals surface area (Å²) in [6, 6.07) is 3.92. The second-order valence-corrected chi connectivity index (χ2v) is 7.39. The average Bonchev–Trinajstić information content (AvgIpc) is 2.95. The topological polar surface area (TPSA) is 76.7 Å². The smallest absolute Gasteiger partial charge is 0.163 e. The van der Waals surface area contributed by atoms with Crippen LogP contribution in [0.1, 0.15) is 26.3 Å². The molecule has 0 fully saturated rings. The Morgan fingerprint density at radius 3 is 2.58 bits per heavy atom. The monoisotopic (exact) mass is 341 g/mol. The van der Waals surface area contributed by atoms with Crippen LogP contribution in [-0.4, -0.2) is 27.5 Å². The Hall–Kier alpha value is -2.05. The molecule has 24 heavy (non-hydrogen) atoms. The Kier molecular flexibility index (Phi) is 5.06. The van der Waals surface area contributed by atoms with Crippen LogP contribution in [0.15, 0.2) is 29.9 Å². The maximum absolute atomic E-state index is 5.92. The minimum atomic E-state index is 0.0616. The van der Waals surface area contributed by atoms with Gasteiger partial charge in [0.2, 0.25) is 0 Å². The summed E-state index contributed by atoms with van der Waals surface area (Å²) in [6.07, 6.45) is 4.54. The molecule has 0 unspecified atom stereocenters. The Morgan fingerprint density at radius 1 is 1.17 bits per heavy atom. The van der Waals surface area contributed by atoms with Crippen LogP contribution in [-0.2, 0) is 6.42 Å². The third-order valence-corrected chi connectivity index (χ3v) is 4.59. The van der Waals surface area contributed by atoms with E-state index >= 15 is 0 Å². The Labute approximate surface area is 146 Å². The molecule has 3 rings (SSSR count). The minimum absolute atomic E-state index is 0.0616. The number of nitrogens with one attached hydrogen (secondary N) is 1. The first-order valence-electron chi connectivity index (χ1n) is 8.22. The molecule has 0 spiro atoms. The maximum Gasteiger partial charge on any atom is 0.163 e. The number of aromatic nitrogens is 3. The van der Waals surface area contributed by atoms with E-state index in [-0.39, 0.29) is 6.04 Å². The van der Waals surface area contributed by atoms with E-state index in [9.17, 15) is 0 Å². The molecule has 3 aromatic rings. The quantitative estimate of drug-likeness (QED) is 0.715. The van der Waals surface area contributed by atoms with Crippen LogP contribution in [0.3, 0.4) is 0 Å². The largest absolute Gasteiger partial charge is 0.368 e.